The molecule has 0 aliphatic carbocycles. The quantitative estimate of drug-likeness (QED) is 0.706. The highest BCUT2D eigenvalue weighted by molar-refractivity contribution is 5.72. The highest BCUT2D eigenvalue weighted by atomic mass is 16.2. The number of carbonyl (C=O) groups is 1. The number of rotatable bonds is 3. The van der Waals surface area contributed by atoms with Gasteiger partial charge in [0, 0.05) is 17.6 Å². The summed E-state index contributed by atoms with van der Waals surface area (Å²) in [6.07, 6.45) is 2.12. The zero-order valence-corrected chi connectivity index (χ0v) is 11.7. The lowest BCUT2D eigenvalue weighted by Gasteiger charge is -2.52. The first-order valence-electron chi connectivity index (χ1n) is 6.69. The van der Waals surface area contributed by atoms with E-state index in [1.165, 1.54) is 0 Å². The maximum Gasteiger partial charge on any atom is 0.312 e. The largest absolute Gasteiger partial charge is 0.352 e. The van der Waals surface area contributed by atoms with Gasteiger partial charge in [-0.2, -0.15) is 0 Å². The standard InChI is InChI=1S/C13H27N3O/c1-6-10-8(3)11(15-12(14)17)9(4)13(5,7-2)16-10/h8-11,16H,6-7H2,1-5H3,(H3,14,15,17). The third-order valence-electron chi connectivity index (χ3n) is 4.74. The molecule has 4 heteroatoms. The Bertz CT molecular complexity index is 282. The van der Waals surface area contributed by atoms with Gasteiger partial charge in [0.25, 0.3) is 0 Å². The van der Waals surface area contributed by atoms with Crippen LogP contribution in [0.2, 0.25) is 0 Å². The molecule has 4 nitrogen and oxygen atoms in total. The summed E-state index contributed by atoms with van der Waals surface area (Å²) < 4.78 is 0. The minimum Gasteiger partial charge on any atom is -0.352 e. The second kappa shape index (κ2) is 5.25. The second-order valence-corrected chi connectivity index (χ2v) is 5.61. The predicted octanol–water partition coefficient (Wildman–Crippen LogP) is 1.85. The summed E-state index contributed by atoms with van der Waals surface area (Å²) in [4.78, 5) is 11.1. The number of piperidine rings is 1. The first kappa shape index (κ1) is 14.3. The number of amides is 2. The van der Waals surface area contributed by atoms with E-state index in [1.807, 2.05) is 0 Å². The fourth-order valence-electron chi connectivity index (χ4n) is 3.11. The van der Waals surface area contributed by atoms with Gasteiger partial charge in [0.05, 0.1) is 0 Å². The van der Waals surface area contributed by atoms with Crippen LogP contribution in [0, 0.1) is 11.8 Å². The molecule has 0 aromatic heterocycles. The SMILES string of the molecule is CCC1NC(C)(CC)C(C)C(NC(N)=O)C1C. The van der Waals surface area contributed by atoms with E-state index in [-0.39, 0.29) is 11.6 Å². The number of hydrogen-bond donors (Lipinski definition) is 3. The Labute approximate surface area is 105 Å². The predicted molar refractivity (Wildman–Crippen MR) is 70.7 cm³/mol. The average molecular weight is 241 g/mol. The number of nitrogens with one attached hydrogen (secondary N) is 2. The summed E-state index contributed by atoms with van der Waals surface area (Å²) >= 11 is 0. The molecule has 17 heavy (non-hydrogen) atoms. The summed E-state index contributed by atoms with van der Waals surface area (Å²) in [5.41, 5.74) is 5.36. The van der Waals surface area contributed by atoms with Gasteiger partial charge in [-0.1, -0.05) is 27.7 Å². The smallest absolute Gasteiger partial charge is 0.312 e. The molecule has 2 amide bonds. The van der Waals surface area contributed by atoms with E-state index < -0.39 is 6.03 Å². The first-order chi connectivity index (χ1) is 7.85. The van der Waals surface area contributed by atoms with E-state index in [4.69, 9.17) is 5.73 Å². The van der Waals surface area contributed by atoms with Gasteiger partial charge < -0.3 is 16.4 Å². The molecular formula is C13H27N3O. The molecule has 5 atom stereocenters. The van der Waals surface area contributed by atoms with Crippen molar-refractivity contribution in [2.75, 3.05) is 0 Å². The molecule has 1 aliphatic rings. The van der Waals surface area contributed by atoms with Crippen LogP contribution in [0.5, 0.6) is 0 Å². The van der Waals surface area contributed by atoms with E-state index in [1.54, 1.807) is 0 Å². The molecule has 0 radical (unpaired) electrons. The fourth-order valence-corrected chi connectivity index (χ4v) is 3.11. The van der Waals surface area contributed by atoms with Crippen molar-refractivity contribution in [1.82, 2.24) is 10.6 Å². The molecule has 5 unspecified atom stereocenters. The van der Waals surface area contributed by atoms with Gasteiger partial charge in [-0.3, -0.25) is 0 Å². The Morgan fingerprint density at radius 1 is 1.41 bits per heavy atom. The Hall–Kier alpha value is -0.770. The van der Waals surface area contributed by atoms with Crippen molar-refractivity contribution in [3.8, 4) is 0 Å². The van der Waals surface area contributed by atoms with E-state index in [9.17, 15) is 4.79 Å². The molecule has 0 aromatic carbocycles. The molecule has 1 fully saturated rings. The van der Waals surface area contributed by atoms with Gasteiger partial charge in [-0.25, -0.2) is 4.79 Å². The number of primary amides is 1. The summed E-state index contributed by atoms with van der Waals surface area (Å²) in [7, 11) is 0. The average Bonchev–Trinajstić information content (AvgIpc) is 2.29. The number of carbonyl (C=O) groups excluding carboxylic acids is 1. The van der Waals surface area contributed by atoms with Crippen LogP contribution in [0.1, 0.15) is 47.5 Å². The zero-order valence-electron chi connectivity index (χ0n) is 11.7. The molecule has 1 heterocycles. The van der Waals surface area contributed by atoms with Crippen molar-refractivity contribution in [3.63, 3.8) is 0 Å². The molecule has 1 saturated heterocycles. The molecule has 0 aromatic rings. The van der Waals surface area contributed by atoms with Crippen LogP contribution in [-0.2, 0) is 0 Å². The van der Waals surface area contributed by atoms with Crippen LogP contribution in [0.4, 0.5) is 4.79 Å². The molecule has 0 bridgehead atoms. The Balaban J connectivity index is 2.94. The van der Waals surface area contributed by atoms with E-state index >= 15 is 0 Å². The normalized spacial score (nSPS) is 42.2. The summed E-state index contributed by atoms with van der Waals surface area (Å²) in [6.45, 7) is 11.0. The van der Waals surface area contributed by atoms with Crippen molar-refractivity contribution >= 4 is 6.03 Å². The van der Waals surface area contributed by atoms with Crippen LogP contribution in [0.25, 0.3) is 0 Å². The van der Waals surface area contributed by atoms with Crippen molar-refractivity contribution < 1.29 is 4.79 Å². The van der Waals surface area contributed by atoms with Gasteiger partial charge in [0.1, 0.15) is 0 Å². The fraction of sp³-hybridized carbons (Fsp3) is 0.923. The van der Waals surface area contributed by atoms with Crippen LogP contribution in [0.15, 0.2) is 0 Å². The summed E-state index contributed by atoms with van der Waals surface area (Å²) in [6, 6.07) is 0.181. The molecular weight excluding hydrogens is 214 g/mol. The number of hydrogen-bond acceptors (Lipinski definition) is 2. The third kappa shape index (κ3) is 2.73. The number of urea groups is 1. The first-order valence-corrected chi connectivity index (χ1v) is 6.69. The minimum absolute atomic E-state index is 0.0697. The van der Waals surface area contributed by atoms with E-state index in [2.05, 4.69) is 45.3 Å². The van der Waals surface area contributed by atoms with Crippen molar-refractivity contribution in [2.45, 2.75) is 65.1 Å². The number of nitrogens with two attached hydrogens (primary N) is 1. The third-order valence-corrected chi connectivity index (χ3v) is 4.74. The van der Waals surface area contributed by atoms with E-state index in [0.717, 1.165) is 12.8 Å². The Morgan fingerprint density at radius 3 is 2.41 bits per heavy atom. The second-order valence-electron chi connectivity index (χ2n) is 5.61. The minimum atomic E-state index is -0.413. The highest BCUT2D eigenvalue weighted by Gasteiger charge is 2.45. The van der Waals surface area contributed by atoms with Crippen molar-refractivity contribution in [2.24, 2.45) is 17.6 Å². The van der Waals surface area contributed by atoms with Gasteiger partial charge in [-0.05, 0) is 31.6 Å². The monoisotopic (exact) mass is 241 g/mol. The molecule has 4 N–H and O–H groups in total. The van der Waals surface area contributed by atoms with Gasteiger partial charge in [0.2, 0.25) is 0 Å². The van der Waals surface area contributed by atoms with Crippen molar-refractivity contribution in [3.05, 3.63) is 0 Å². The topological polar surface area (TPSA) is 67.2 Å². The summed E-state index contributed by atoms with van der Waals surface area (Å²) in [5, 5.41) is 6.67. The van der Waals surface area contributed by atoms with E-state index in [0.29, 0.717) is 17.9 Å². The lowest BCUT2D eigenvalue weighted by molar-refractivity contribution is 0.0654. The van der Waals surface area contributed by atoms with Gasteiger partial charge in [-0.15, -0.1) is 0 Å². The van der Waals surface area contributed by atoms with Crippen LogP contribution < -0.4 is 16.4 Å². The van der Waals surface area contributed by atoms with Crippen LogP contribution in [0.3, 0.4) is 0 Å². The lowest BCUT2D eigenvalue weighted by atomic mass is 9.69. The van der Waals surface area contributed by atoms with Crippen LogP contribution >= 0.6 is 0 Å². The lowest BCUT2D eigenvalue weighted by Crippen LogP contribution is -2.68. The molecule has 100 valence electrons. The van der Waals surface area contributed by atoms with Gasteiger partial charge >= 0.3 is 6.03 Å². The summed E-state index contributed by atoms with van der Waals surface area (Å²) in [5.74, 6) is 0.778. The maximum absolute atomic E-state index is 11.1. The highest BCUT2D eigenvalue weighted by Crippen LogP contribution is 2.35. The van der Waals surface area contributed by atoms with Crippen LogP contribution in [-0.4, -0.2) is 23.7 Å². The Kier molecular flexibility index (Phi) is 4.42. The molecule has 1 rings (SSSR count). The Morgan fingerprint density at radius 2 is 2.00 bits per heavy atom. The molecule has 0 saturated carbocycles. The molecule has 0 spiro atoms. The maximum atomic E-state index is 11.1. The van der Waals surface area contributed by atoms with Gasteiger partial charge in [0.15, 0.2) is 0 Å². The van der Waals surface area contributed by atoms with Crippen molar-refractivity contribution in [1.29, 1.82) is 0 Å². The molecule has 1 aliphatic heterocycles. The zero-order chi connectivity index (χ0) is 13.2.